The summed E-state index contributed by atoms with van der Waals surface area (Å²) >= 11 is 0. The van der Waals surface area contributed by atoms with Crippen LogP contribution in [-0.2, 0) is 19.6 Å². The Bertz CT molecular complexity index is 680. The second kappa shape index (κ2) is 8.79. The number of rotatable bonds is 5. The van der Waals surface area contributed by atoms with Gasteiger partial charge in [0.25, 0.3) is 10.1 Å². The van der Waals surface area contributed by atoms with Crippen LogP contribution in [-0.4, -0.2) is 66.7 Å². The molecule has 0 unspecified atom stereocenters. The van der Waals surface area contributed by atoms with Gasteiger partial charge >= 0.3 is 11.9 Å². The zero-order valence-corrected chi connectivity index (χ0v) is 16.5. The minimum atomic E-state index is -4.71. The van der Waals surface area contributed by atoms with Gasteiger partial charge in [-0.15, -0.1) is 0 Å². The first-order chi connectivity index (χ1) is 10.0. The Morgan fingerprint density at radius 1 is 1.00 bits per heavy atom. The van der Waals surface area contributed by atoms with Gasteiger partial charge in [-0.05, 0) is 45.9 Å². The van der Waals surface area contributed by atoms with E-state index in [1.54, 1.807) is 27.7 Å². The van der Waals surface area contributed by atoms with E-state index in [4.69, 9.17) is 9.47 Å². The van der Waals surface area contributed by atoms with Gasteiger partial charge in [-0.25, -0.2) is 9.59 Å². The Morgan fingerprint density at radius 2 is 1.48 bits per heavy atom. The molecule has 1 aromatic carbocycles. The topological polar surface area (TPSA) is 107 Å². The molecule has 0 atom stereocenters. The van der Waals surface area contributed by atoms with E-state index in [0.29, 0.717) is 0 Å². The van der Waals surface area contributed by atoms with E-state index in [9.17, 15) is 22.6 Å². The van der Waals surface area contributed by atoms with Crippen LogP contribution in [0.15, 0.2) is 23.1 Å². The Kier molecular flexibility index (Phi) is 8.44. The van der Waals surface area contributed by atoms with Crippen molar-refractivity contribution >= 4 is 51.6 Å². The van der Waals surface area contributed by atoms with Crippen molar-refractivity contribution < 1.29 is 32.0 Å². The Labute approximate surface area is 157 Å². The van der Waals surface area contributed by atoms with E-state index >= 15 is 0 Å². The Morgan fingerprint density at radius 3 is 1.91 bits per heavy atom. The van der Waals surface area contributed by atoms with Crippen molar-refractivity contribution in [1.29, 1.82) is 0 Å². The second-order valence-corrected chi connectivity index (χ2v) is 6.48. The van der Waals surface area contributed by atoms with Gasteiger partial charge in [-0.1, -0.05) is 0 Å². The number of benzene rings is 1. The van der Waals surface area contributed by atoms with E-state index in [0.717, 1.165) is 12.1 Å². The molecular formula is C14H18NaO7S. The summed E-state index contributed by atoms with van der Waals surface area (Å²) in [4.78, 5) is 22.9. The molecule has 0 aromatic heterocycles. The van der Waals surface area contributed by atoms with Crippen LogP contribution < -0.4 is 0 Å². The summed E-state index contributed by atoms with van der Waals surface area (Å²) < 4.78 is 42.0. The normalized spacial score (nSPS) is 11.1. The minimum Gasteiger partial charge on any atom is -0.459 e. The molecule has 1 rings (SSSR count). The molecule has 123 valence electrons. The van der Waals surface area contributed by atoms with Crippen LogP contribution in [0.3, 0.4) is 0 Å². The first-order valence-electron chi connectivity index (χ1n) is 6.56. The van der Waals surface area contributed by atoms with Gasteiger partial charge in [0.1, 0.15) is 4.90 Å². The van der Waals surface area contributed by atoms with Crippen LogP contribution in [0.2, 0.25) is 0 Å². The molecule has 9 heteroatoms. The summed E-state index contributed by atoms with van der Waals surface area (Å²) in [6.45, 7) is 6.46. The van der Waals surface area contributed by atoms with Crippen molar-refractivity contribution in [3.8, 4) is 0 Å². The number of carbonyl (C=O) groups excluding carboxylic acids is 2. The molecule has 0 saturated carbocycles. The summed E-state index contributed by atoms with van der Waals surface area (Å²) in [5.74, 6) is -1.67. The summed E-state index contributed by atoms with van der Waals surface area (Å²) in [6.07, 6.45) is -0.861. The predicted octanol–water partition coefficient (Wildman–Crippen LogP) is 1.68. The first kappa shape index (κ1) is 22.1. The van der Waals surface area contributed by atoms with Crippen molar-refractivity contribution in [2.75, 3.05) is 0 Å². The molecule has 0 aliphatic carbocycles. The minimum absolute atomic E-state index is 0. The van der Waals surface area contributed by atoms with E-state index in [1.807, 2.05) is 0 Å². The van der Waals surface area contributed by atoms with Crippen LogP contribution in [0.25, 0.3) is 0 Å². The molecule has 7 nitrogen and oxygen atoms in total. The number of hydrogen-bond acceptors (Lipinski definition) is 6. The summed E-state index contributed by atoms with van der Waals surface area (Å²) in [7, 11) is -4.71. The van der Waals surface area contributed by atoms with Gasteiger partial charge in [-0.3, -0.25) is 4.55 Å². The predicted molar refractivity (Wildman–Crippen MR) is 83.1 cm³/mol. The quantitative estimate of drug-likeness (QED) is 0.487. The fraction of sp³-hybridized carbons (Fsp3) is 0.429. The van der Waals surface area contributed by atoms with Gasteiger partial charge in [0.2, 0.25) is 0 Å². The Hall–Kier alpha value is -0.930. The maximum atomic E-state index is 11.9. The SMILES string of the molecule is CC(C)OC(=O)c1ccc(C(=O)OC(C)C)c(S(=O)(=O)O)c1.[Na]. The fourth-order valence-corrected chi connectivity index (χ4v) is 2.30. The van der Waals surface area contributed by atoms with Gasteiger partial charge in [0.15, 0.2) is 0 Å². The van der Waals surface area contributed by atoms with Gasteiger partial charge < -0.3 is 9.47 Å². The van der Waals surface area contributed by atoms with Crippen molar-refractivity contribution in [3.05, 3.63) is 29.3 Å². The molecule has 0 aliphatic heterocycles. The van der Waals surface area contributed by atoms with Crippen LogP contribution >= 0.6 is 0 Å². The molecule has 1 N–H and O–H groups in total. The molecule has 0 saturated heterocycles. The first-order valence-corrected chi connectivity index (χ1v) is 8.00. The zero-order valence-electron chi connectivity index (χ0n) is 13.7. The van der Waals surface area contributed by atoms with Crippen LogP contribution in [0.1, 0.15) is 48.4 Å². The molecule has 0 fully saturated rings. The van der Waals surface area contributed by atoms with E-state index in [2.05, 4.69) is 0 Å². The zero-order chi connectivity index (χ0) is 17.1. The average Bonchev–Trinajstić information content (AvgIpc) is 2.35. The average molecular weight is 353 g/mol. The third-order valence-electron chi connectivity index (χ3n) is 2.40. The van der Waals surface area contributed by atoms with Crippen molar-refractivity contribution in [2.24, 2.45) is 0 Å². The molecule has 23 heavy (non-hydrogen) atoms. The molecule has 0 heterocycles. The van der Waals surface area contributed by atoms with E-state index in [1.165, 1.54) is 6.07 Å². The fourth-order valence-electron chi connectivity index (χ4n) is 1.59. The largest absolute Gasteiger partial charge is 0.459 e. The number of hydrogen-bond donors (Lipinski definition) is 1. The van der Waals surface area contributed by atoms with Crippen LogP contribution in [0.5, 0.6) is 0 Å². The summed E-state index contributed by atoms with van der Waals surface area (Å²) in [5.41, 5.74) is -0.445. The summed E-state index contributed by atoms with van der Waals surface area (Å²) in [5, 5.41) is 0. The molecule has 0 bridgehead atoms. The number of ether oxygens (including phenoxy) is 2. The van der Waals surface area contributed by atoms with Crippen molar-refractivity contribution in [1.82, 2.24) is 0 Å². The molecule has 0 amide bonds. The molecule has 1 aromatic rings. The number of esters is 2. The van der Waals surface area contributed by atoms with Crippen LogP contribution in [0.4, 0.5) is 0 Å². The smallest absolute Gasteiger partial charge is 0.339 e. The number of carbonyl (C=O) groups is 2. The van der Waals surface area contributed by atoms with Crippen molar-refractivity contribution in [3.63, 3.8) is 0 Å². The van der Waals surface area contributed by atoms with Gasteiger partial charge in [-0.2, -0.15) is 8.42 Å². The molecule has 1 radical (unpaired) electrons. The maximum absolute atomic E-state index is 11.9. The molecular weight excluding hydrogens is 335 g/mol. The maximum Gasteiger partial charge on any atom is 0.339 e. The van der Waals surface area contributed by atoms with E-state index in [-0.39, 0.29) is 40.7 Å². The molecule has 0 aliphatic rings. The van der Waals surface area contributed by atoms with Gasteiger partial charge in [0, 0.05) is 29.6 Å². The van der Waals surface area contributed by atoms with Gasteiger partial charge in [0.05, 0.1) is 23.3 Å². The van der Waals surface area contributed by atoms with Crippen LogP contribution in [0, 0.1) is 0 Å². The Balaban J connectivity index is 0.00000484. The third kappa shape index (κ3) is 6.60. The monoisotopic (exact) mass is 353 g/mol. The van der Waals surface area contributed by atoms with E-state index < -0.39 is 39.2 Å². The second-order valence-electron chi connectivity index (χ2n) is 5.09. The summed E-state index contributed by atoms with van der Waals surface area (Å²) in [6, 6.07) is 3.22. The molecule has 0 spiro atoms. The third-order valence-corrected chi connectivity index (χ3v) is 3.29. The standard InChI is InChI=1S/C14H18O7S.Na/c1-8(2)20-13(15)10-5-6-11(14(16)21-9(3)4)12(7-10)22(17,18)19;/h5-9H,1-4H3,(H,17,18,19);. The van der Waals surface area contributed by atoms with Crippen molar-refractivity contribution in [2.45, 2.75) is 44.8 Å².